The van der Waals surface area contributed by atoms with Crippen molar-refractivity contribution >= 4 is 14.4 Å². The lowest BCUT2D eigenvalue weighted by Gasteiger charge is -2.10. The van der Waals surface area contributed by atoms with Crippen LogP contribution < -0.4 is 0 Å². The molecule has 0 aliphatic carbocycles. The van der Waals surface area contributed by atoms with Gasteiger partial charge in [-0.05, 0) is 32.5 Å². The Kier molecular flexibility index (Phi) is 5.68. The lowest BCUT2D eigenvalue weighted by Crippen LogP contribution is -2.17. The summed E-state index contributed by atoms with van der Waals surface area (Å²) < 4.78 is 18.0. The van der Waals surface area contributed by atoms with Gasteiger partial charge >= 0.3 is 5.97 Å². The molecular weight excluding hydrogens is 199 g/mol. The van der Waals surface area contributed by atoms with Crippen LogP contribution in [0.5, 0.6) is 0 Å². The molecule has 82 valence electrons. The van der Waals surface area contributed by atoms with E-state index in [4.69, 9.17) is 4.74 Å². The second-order valence-electron chi connectivity index (χ2n) is 4.09. The van der Waals surface area contributed by atoms with Crippen LogP contribution in [0.2, 0.25) is 19.1 Å². The van der Waals surface area contributed by atoms with Crippen molar-refractivity contribution in [3.8, 4) is 0 Å². The van der Waals surface area contributed by atoms with E-state index in [0.29, 0.717) is 18.2 Å². The number of halogens is 1. The third-order valence-corrected chi connectivity index (χ3v) is 3.29. The summed E-state index contributed by atoms with van der Waals surface area (Å²) in [6.45, 7) is 8.82. The molecule has 0 bridgehead atoms. The average molecular weight is 218 g/mol. The van der Waals surface area contributed by atoms with Gasteiger partial charge in [0.1, 0.15) is 0 Å². The average Bonchev–Trinajstić information content (AvgIpc) is 2.01. The van der Waals surface area contributed by atoms with Crippen molar-refractivity contribution in [3.63, 3.8) is 0 Å². The van der Waals surface area contributed by atoms with E-state index in [1.165, 1.54) is 0 Å². The van der Waals surface area contributed by atoms with Crippen molar-refractivity contribution in [3.05, 3.63) is 12.2 Å². The smallest absolute Gasteiger partial charge is 0.333 e. The molecule has 0 fully saturated rings. The van der Waals surface area contributed by atoms with E-state index < -0.39 is 8.41 Å². The quantitative estimate of drug-likeness (QED) is 0.225. The zero-order valence-electron chi connectivity index (χ0n) is 9.23. The highest BCUT2D eigenvalue weighted by atomic mass is 28.4. The number of rotatable bonds is 6. The van der Waals surface area contributed by atoms with Crippen LogP contribution in [0.3, 0.4) is 0 Å². The van der Waals surface area contributed by atoms with Gasteiger partial charge in [-0.15, -0.1) is 0 Å². The first-order chi connectivity index (χ1) is 6.33. The van der Waals surface area contributed by atoms with Crippen LogP contribution in [0, 0.1) is 0 Å². The summed E-state index contributed by atoms with van der Waals surface area (Å²) in [5.41, 5.74) is 0.408. The molecule has 0 spiro atoms. The Morgan fingerprint density at radius 2 is 2.00 bits per heavy atom. The maximum Gasteiger partial charge on any atom is 0.333 e. The number of unbranched alkanes of at least 4 members (excludes halogenated alkanes) is 1. The SMILES string of the molecule is C=C(C)C(=O)OCCCC[Si](C)(C)F. The predicted molar refractivity (Wildman–Crippen MR) is 58.4 cm³/mol. The van der Waals surface area contributed by atoms with Gasteiger partial charge in [0.2, 0.25) is 8.41 Å². The van der Waals surface area contributed by atoms with Crippen molar-refractivity contribution in [2.45, 2.75) is 38.9 Å². The van der Waals surface area contributed by atoms with Crippen molar-refractivity contribution in [1.29, 1.82) is 0 Å². The predicted octanol–water partition coefficient (Wildman–Crippen LogP) is 3.06. The van der Waals surface area contributed by atoms with Crippen LogP contribution in [0.15, 0.2) is 12.2 Å². The number of esters is 1. The van der Waals surface area contributed by atoms with Gasteiger partial charge in [0.05, 0.1) is 6.61 Å². The molecule has 14 heavy (non-hydrogen) atoms. The molecule has 0 radical (unpaired) electrons. The molecule has 0 saturated carbocycles. The van der Waals surface area contributed by atoms with Crippen LogP contribution >= 0.6 is 0 Å². The van der Waals surface area contributed by atoms with Crippen LogP contribution in [0.4, 0.5) is 4.11 Å². The molecule has 0 amide bonds. The maximum absolute atomic E-state index is 13.1. The Balaban J connectivity index is 3.39. The molecule has 0 N–H and O–H groups in total. The molecule has 0 aliphatic heterocycles. The van der Waals surface area contributed by atoms with Crippen molar-refractivity contribution in [1.82, 2.24) is 0 Å². The number of hydrogen-bond donors (Lipinski definition) is 0. The van der Waals surface area contributed by atoms with Crippen molar-refractivity contribution in [2.24, 2.45) is 0 Å². The summed E-state index contributed by atoms with van der Waals surface area (Å²) in [7, 11) is -2.41. The van der Waals surface area contributed by atoms with Crippen LogP contribution in [0.25, 0.3) is 0 Å². The summed E-state index contributed by atoms with van der Waals surface area (Å²) >= 11 is 0. The fraction of sp³-hybridized carbons (Fsp3) is 0.700. The minimum atomic E-state index is -2.41. The number of carbonyl (C=O) groups excluding carboxylic acids is 1. The van der Waals surface area contributed by atoms with E-state index in [9.17, 15) is 8.90 Å². The summed E-state index contributed by atoms with van der Waals surface area (Å²) in [6, 6.07) is 0.637. The van der Waals surface area contributed by atoms with Crippen molar-refractivity contribution < 1.29 is 13.6 Å². The highest BCUT2D eigenvalue weighted by Gasteiger charge is 2.18. The zero-order chi connectivity index (χ0) is 11.2. The second kappa shape index (κ2) is 5.96. The molecule has 0 aliphatic rings. The lowest BCUT2D eigenvalue weighted by atomic mass is 10.3. The molecule has 0 aromatic carbocycles. The molecule has 0 rings (SSSR count). The van der Waals surface area contributed by atoms with Gasteiger partial charge in [-0.1, -0.05) is 13.0 Å². The third kappa shape index (κ3) is 7.98. The molecule has 0 aromatic rings. The summed E-state index contributed by atoms with van der Waals surface area (Å²) in [5.74, 6) is -0.359. The first-order valence-corrected chi connectivity index (χ1v) is 7.93. The highest BCUT2D eigenvalue weighted by molar-refractivity contribution is 6.70. The van der Waals surface area contributed by atoms with Gasteiger partial charge in [-0.2, -0.15) is 0 Å². The number of ether oxygens (including phenoxy) is 1. The first-order valence-electron chi connectivity index (χ1n) is 4.84. The fourth-order valence-electron chi connectivity index (χ4n) is 0.935. The molecule has 0 saturated heterocycles. The molecule has 0 heterocycles. The Hall–Kier alpha value is -0.643. The molecule has 0 aromatic heterocycles. The molecule has 0 unspecified atom stereocenters. The van der Waals surface area contributed by atoms with E-state index in [1.807, 2.05) is 0 Å². The number of carbonyl (C=O) groups is 1. The second-order valence-corrected chi connectivity index (χ2v) is 8.03. The van der Waals surface area contributed by atoms with Gasteiger partial charge in [0.15, 0.2) is 0 Å². The molecule has 4 heteroatoms. The van der Waals surface area contributed by atoms with Gasteiger partial charge in [0.25, 0.3) is 0 Å². The Morgan fingerprint density at radius 1 is 1.43 bits per heavy atom. The first kappa shape index (κ1) is 13.4. The van der Waals surface area contributed by atoms with Crippen LogP contribution in [-0.2, 0) is 9.53 Å². The van der Waals surface area contributed by atoms with E-state index in [0.717, 1.165) is 12.8 Å². The van der Waals surface area contributed by atoms with E-state index in [2.05, 4.69) is 6.58 Å². The van der Waals surface area contributed by atoms with Gasteiger partial charge < -0.3 is 8.84 Å². The zero-order valence-corrected chi connectivity index (χ0v) is 10.2. The lowest BCUT2D eigenvalue weighted by molar-refractivity contribution is -0.139. The van der Waals surface area contributed by atoms with Crippen LogP contribution in [0.1, 0.15) is 19.8 Å². The van der Waals surface area contributed by atoms with Crippen LogP contribution in [-0.4, -0.2) is 21.0 Å². The monoisotopic (exact) mass is 218 g/mol. The van der Waals surface area contributed by atoms with E-state index in [1.54, 1.807) is 20.0 Å². The fourth-order valence-corrected chi connectivity index (χ4v) is 2.03. The summed E-state index contributed by atoms with van der Waals surface area (Å²) in [5, 5.41) is 0. The third-order valence-electron chi connectivity index (χ3n) is 1.75. The standard InChI is InChI=1S/C10H19FO2Si/c1-9(2)10(12)13-7-5-6-8-14(3,4)11/h1,5-8H2,2-4H3. The number of hydrogen-bond acceptors (Lipinski definition) is 2. The molecular formula is C10H19FO2Si. The van der Waals surface area contributed by atoms with E-state index in [-0.39, 0.29) is 5.97 Å². The molecule has 0 atom stereocenters. The summed E-state index contributed by atoms with van der Waals surface area (Å²) in [6.07, 6.45) is 1.53. The van der Waals surface area contributed by atoms with Gasteiger partial charge in [-0.3, -0.25) is 0 Å². The maximum atomic E-state index is 13.1. The normalized spacial score (nSPS) is 11.1. The van der Waals surface area contributed by atoms with Gasteiger partial charge in [0, 0.05) is 5.57 Å². The van der Waals surface area contributed by atoms with Gasteiger partial charge in [-0.25, -0.2) is 4.79 Å². The highest BCUT2D eigenvalue weighted by Crippen LogP contribution is 2.14. The van der Waals surface area contributed by atoms with E-state index >= 15 is 0 Å². The Labute approximate surface area is 86.3 Å². The minimum absolute atomic E-state index is 0.359. The Morgan fingerprint density at radius 3 is 2.43 bits per heavy atom. The Bertz CT molecular complexity index is 209. The minimum Gasteiger partial charge on any atom is -0.462 e. The molecule has 2 nitrogen and oxygen atoms in total. The topological polar surface area (TPSA) is 26.3 Å². The van der Waals surface area contributed by atoms with Crippen molar-refractivity contribution in [2.75, 3.05) is 6.61 Å². The largest absolute Gasteiger partial charge is 0.462 e. The summed E-state index contributed by atoms with van der Waals surface area (Å²) in [4.78, 5) is 10.9.